The van der Waals surface area contributed by atoms with Gasteiger partial charge in [0.15, 0.2) is 0 Å². The number of methoxy groups -OCH3 is 2. The van der Waals surface area contributed by atoms with Crippen molar-refractivity contribution >= 4 is 11.8 Å². The van der Waals surface area contributed by atoms with E-state index in [1.54, 1.807) is 23.1 Å². The minimum atomic E-state index is -0.667. The Kier molecular flexibility index (Phi) is 5.87. The van der Waals surface area contributed by atoms with E-state index in [0.717, 1.165) is 5.56 Å². The second kappa shape index (κ2) is 8.33. The predicted octanol–water partition coefficient (Wildman–Crippen LogP) is 3.14. The van der Waals surface area contributed by atoms with Crippen LogP contribution in [-0.4, -0.2) is 44.0 Å². The zero-order valence-corrected chi connectivity index (χ0v) is 16.7. The van der Waals surface area contributed by atoms with Crippen LogP contribution < -0.4 is 14.8 Å². The standard InChI is InChI=1S/C22H26N2O4/c1-14(2)15-5-7-16(8-6-15)20-21(25)23-9-10-24(20)22(26)17-11-18(27-3)13-19(12-17)28-4/h5-8,11-14,20H,9-10H2,1-4H3,(H,23,25). The number of hydrogen-bond acceptors (Lipinski definition) is 4. The van der Waals surface area contributed by atoms with Gasteiger partial charge in [-0.1, -0.05) is 38.1 Å². The third-order valence-corrected chi connectivity index (χ3v) is 4.99. The van der Waals surface area contributed by atoms with Gasteiger partial charge in [0.25, 0.3) is 5.91 Å². The number of carbonyl (C=O) groups excluding carboxylic acids is 2. The molecule has 1 N–H and O–H groups in total. The molecule has 2 amide bonds. The molecule has 6 heteroatoms. The van der Waals surface area contributed by atoms with Gasteiger partial charge in [0.05, 0.1) is 14.2 Å². The topological polar surface area (TPSA) is 67.9 Å². The van der Waals surface area contributed by atoms with E-state index >= 15 is 0 Å². The van der Waals surface area contributed by atoms with Crippen LogP contribution in [0.4, 0.5) is 0 Å². The molecule has 1 heterocycles. The van der Waals surface area contributed by atoms with E-state index in [0.29, 0.717) is 36.1 Å². The summed E-state index contributed by atoms with van der Waals surface area (Å²) in [6, 6.07) is 12.3. The summed E-state index contributed by atoms with van der Waals surface area (Å²) < 4.78 is 10.5. The lowest BCUT2D eigenvalue weighted by atomic mass is 9.96. The van der Waals surface area contributed by atoms with E-state index in [1.807, 2.05) is 24.3 Å². The molecule has 148 valence electrons. The van der Waals surface area contributed by atoms with Crippen molar-refractivity contribution in [1.29, 1.82) is 0 Å². The first-order valence-corrected chi connectivity index (χ1v) is 9.36. The highest BCUT2D eigenvalue weighted by Crippen LogP contribution is 2.29. The van der Waals surface area contributed by atoms with Crippen molar-refractivity contribution in [1.82, 2.24) is 10.2 Å². The van der Waals surface area contributed by atoms with Gasteiger partial charge >= 0.3 is 0 Å². The van der Waals surface area contributed by atoms with Crippen LogP contribution in [0.5, 0.6) is 11.5 Å². The molecule has 1 atom stereocenters. The van der Waals surface area contributed by atoms with Crippen molar-refractivity contribution in [2.75, 3.05) is 27.3 Å². The van der Waals surface area contributed by atoms with E-state index in [2.05, 4.69) is 19.2 Å². The smallest absolute Gasteiger partial charge is 0.255 e. The Labute approximate surface area is 165 Å². The fourth-order valence-corrected chi connectivity index (χ4v) is 3.38. The second-order valence-electron chi connectivity index (χ2n) is 7.11. The summed E-state index contributed by atoms with van der Waals surface area (Å²) in [6.07, 6.45) is 0. The number of ether oxygens (including phenoxy) is 2. The van der Waals surface area contributed by atoms with Crippen LogP contribution in [0.15, 0.2) is 42.5 Å². The van der Waals surface area contributed by atoms with Gasteiger partial charge in [0.2, 0.25) is 5.91 Å². The van der Waals surface area contributed by atoms with Gasteiger partial charge in [-0.3, -0.25) is 9.59 Å². The molecule has 0 radical (unpaired) electrons. The van der Waals surface area contributed by atoms with Gasteiger partial charge in [-0.05, 0) is 29.2 Å². The molecular weight excluding hydrogens is 356 g/mol. The number of benzene rings is 2. The maximum atomic E-state index is 13.3. The third-order valence-electron chi connectivity index (χ3n) is 4.99. The van der Waals surface area contributed by atoms with Crippen LogP contribution in [0.1, 0.15) is 47.3 Å². The largest absolute Gasteiger partial charge is 0.497 e. The summed E-state index contributed by atoms with van der Waals surface area (Å²) in [6.45, 7) is 5.09. The highest BCUT2D eigenvalue weighted by molar-refractivity contribution is 5.99. The van der Waals surface area contributed by atoms with E-state index in [-0.39, 0.29) is 11.8 Å². The first kappa shape index (κ1) is 19.7. The molecule has 1 unspecified atom stereocenters. The number of nitrogens with one attached hydrogen (secondary N) is 1. The van der Waals surface area contributed by atoms with Crippen molar-refractivity contribution in [3.05, 3.63) is 59.2 Å². The summed E-state index contributed by atoms with van der Waals surface area (Å²) in [7, 11) is 3.08. The van der Waals surface area contributed by atoms with Gasteiger partial charge in [-0.15, -0.1) is 0 Å². The molecule has 1 saturated heterocycles. The van der Waals surface area contributed by atoms with Gasteiger partial charge in [0, 0.05) is 24.7 Å². The lowest BCUT2D eigenvalue weighted by Crippen LogP contribution is -2.52. The zero-order chi connectivity index (χ0) is 20.3. The Morgan fingerprint density at radius 3 is 2.21 bits per heavy atom. The molecule has 0 aliphatic carbocycles. The monoisotopic (exact) mass is 382 g/mol. The average Bonchev–Trinajstić information content (AvgIpc) is 2.72. The molecule has 0 aromatic heterocycles. The average molecular weight is 382 g/mol. The zero-order valence-electron chi connectivity index (χ0n) is 16.7. The van der Waals surface area contributed by atoms with Crippen molar-refractivity contribution in [3.8, 4) is 11.5 Å². The van der Waals surface area contributed by atoms with E-state index in [1.165, 1.54) is 19.8 Å². The van der Waals surface area contributed by atoms with Crippen LogP contribution in [0.25, 0.3) is 0 Å². The molecule has 2 aromatic rings. The van der Waals surface area contributed by atoms with E-state index in [4.69, 9.17) is 9.47 Å². The van der Waals surface area contributed by atoms with Crippen LogP contribution >= 0.6 is 0 Å². The molecule has 1 aliphatic rings. The predicted molar refractivity (Wildman–Crippen MR) is 107 cm³/mol. The maximum Gasteiger partial charge on any atom is 0.255 e. The Bertz CT molecular complexity index is 839. The van der Waals surface area contributed by atoms with Gasteiger partial charge in [-0.2, -0.15) is 0 Å². The molecule has 2 aromatic carbocycles. The van der Waals surface area contributed by atoms with Crippen molar-refractivity contribution in [2.45, 2.75) is 25.8 Å². The number of hydrogen-bond donors (Lipinski definition) is 1. The number of rotatable bonds is 5. The van der Waals surface area contributed by atoms with Crippen molar-refractivity contribution in [2.24, 2.45) is 0 Å². The van der Waals surface area contributed by atoms with Crippen molar-refractivity contribution in [3.63, 3.8) is 0 Å². The number of amides is 2. The Morgan fingerprint density at radius 2 is 1.68 bits per heavy atom. The Balaban J connectivity index is 1.96. The number of nitrogens with zero attached hydrogens (tertiary/aromatic N) is 1. The van der Waals surface area contributed by atoms with E-state index < -0.39 is 6.04 Å². The minimum absolute atomic E-state index is 0.174. The van der Waals surface area contributed by atoms with Crippen molar-refractivity contribution < 1.29 is 19.1 Å². The van der Waals surface area contributed by atoms with E-state index in [9.17, 15) is 9.59 Å². The summed E-state index contributed by atoms with van der Waals surface area (Å²) in [5.74, 6) is 1.05. The lowest BCUT2D eigenvalue weighted by Gasteiger charge is -2.35. The van der Waals surface area contributed by atoms with Crippen LogP contribution in [0, 0.1) is 0 Å². The molecular formula is C22H26N2O4. The molecule has 28 heavy (non-hydrogen) atoms. The normalized spacial score (nSPS) is 16.7. The first-order valence-electron chi connectivity index (χ1n) is 9.36. The maximum absolute atomic E-state index is 13.3. The molecule has 0 spiro atoms. The Hall–Kier alpha value is -3.02. The SMILES string of the molecule is COc1cc(OC)cc(C(=O)N2CCNC(=O)C2c2ccc(C(C)C)cc2)c1. The lowest BCUT2D eigenvalue weighted by molar-refractivity contribution is -0.128. The molecule has 0 bridgehead atoms. The third kappa shape index (κ3) is 3.96. The highest BCUT2D eigenvalue weighted by atomic mass is 16.5. The van der Waals surface area contributed by atoms with Gasteiger partial charge < -0.3 is 19.7 Å². The van der Waals surface area contributed by atoms with Crippen LogP contribution in [0.2, 0.25) is 0 Å². The molecule has 1 aliphatic heterocycles. The fourth-order valence-electron chi connectivity index (χ4n) is 3.38. The van der Waals surface area contributed by atoms with Gasteiger partial charge in [0.1, 0.15) is 17.5 Å². The fraction of sp³-hybridized carbons (Fsp3) is 0.364. The van der Waals surface area contributed by atoms with Crippen LogP contribution in [-0.2, 0) is 4.79 Å². The Morgan fingerprint density at radius 1 is 1.07 bits per heavy atom. The van der Waals surface area contributed by atoms with Gasteiger partial charge in [-0.25, -0.2) is 0 Å². The highest BCUT2D eigenvalue weighted by Gasteiger charge is 2.35. The summed E-state index contributed by atoms with van der Waals surface area (Å²) in [5.41, 5.74) is 2.41. The summed E-state index contributed by atoms with van der Waals surface area (Å²) in [4.78, 5) is 27.5. The molecule has 1 fully saturated rings. The van der Waals surface area contributed by atoms with Crippen LogP contribution in [0.3, 0.4) is 0 Å². The number of carbonyl (C=O) groups is 2. The molecule has 0 saturated carbocycles. The molecule has 6 nitrogen and oxygen atoms in total. The number of piperazine rings is 1. The minimum Gasteiger partial charge on any atom is -0.497 e. The quantitative estimate of drug-likeness (QED) is 0.863. The summed E-state index contributed by atoms with van der Waals surface area (Å²) in [5, 5.41) is 2.87. The molecule has 3 rings (SSSR count). The first-order chi connectivity index (χ1) is 13.4. The second-order valence-corrected chi connectivity index (χ2v) is 7.11. The summed E-state index contributed by atoms with van der Waals surface area (Å²) >= 11 is 0.